The number of benzene rings is 3. The average molecular weight is 458 g/mol. The van der Waals surface area contributed by atoms with Crippen LogP contribution in [0.2, 0.25) is 0 Å². The topological polar surface area (TPSA) is 37.4 Å². The van der Waals surface area contributed by atoms with Crippen molar-refractivity contribution >= 4 is 33.4 Å². The molecule has 0 spiro atoms. The van der Waals surface area contributed by atoms with Gasteiger partial charge in [0.2, 0.25) is 11.8 Å². The highest BCUT2D eigenvalue weighted by Crippen LogP contribution is 2.64. The minimum Gasteiger partial charge on any atom is -0.274 e. The maximum atomic E-state index is 13.9. The summed E-state index contributed by atoms with van der Waals surface area (Å²) in [4.78, 5) is 29.1. The number of halogens is 1. The predicted molar refractivity (Wildman–Crippen MR) is 120 cm³/mol. The van der Waals surface area contributed by atoms with Crippen LogP contribution >= 0.6 is 15.9 Å². The van der Waals surface area contributed by atoms with E-state index in [4.69, 9.17) is 0 Å². The molecule has 2 atom stereocenters. The lowest BCUT2D eigenvalue weighted by molar-refractivity contribution is -0.123. The van der Waals surface area contributed by atoms with E-state index in [0.29, 0.717) is 5.69 Å². The van der Waals surface area contributed by atoms with Gasteiger partial charge in [-0.2, -0.15) is 0 Å². The molecule has 4 aliphatic rings. The number of aryl methyl sites for hydroxylation is 1. The molecule has 0 saturated carbocycles. The SMILES string of the molecule is Cc1ccc(N2C(=O)C3[C@H](C2=O)C2c4ccccc4C3(C)c3ccccc32)c(Br)c1. The van der Waals surface area contributed by atoms with Gasteiger partial charge in [0.05, 0.1) is 17.5 Å². The second-order valence-electron chi connectivity index (χ2n) is 8.82. The second-order valence-corrected chi connectivity index (χ2v) is 9.68. The van der Waals surface area contributed by atoms with Crippen LogP contribution in [0, 0.1) is 18.8 Å². The van der Waals surface area contributed by atoms with Gasteiger partial charge >= 0.3 is 0 Å². The third kappa shape index (κ3) is 2.00. The monoisotopic (exact) mass is 457 g/mol. The molecule has 3 aliphatic carbocycles. The summed E-state index contributed by atoms with van der Waals surface area (Å²) in [7, 11) is 0. The zero-order valence-electron chi connectivity index (χ0n) is 16.7. The number of carbonyl (C=O) groups is 2. The van der Waals surface area contributed by atoms with Crippen molar-refractivity contribution in [3.63, 3.8) is 0 Å². The molecule has 0 N–H and O–H groups in total. The maximum Gasteiger partial charge on any atom is 0.238 e. The van der Waals surface area contributed by atoms with E-state index in [0.717, 1.165) is 10.0 Å². The lowest BCUT2D eigenvalue weighted by Crippen LogP contribution is -2.51. The minimum atomic E-state index is -0.523. The fourth-order valence-corrected chi connectivity index (χ4v) is 6.85. The van der Waals surface area contributed by atoms with E-state index in [1.807, 2.05) is 49.4 Å². The van der Waals surface area contributed by atoms with E-state index < -0.39 is 11.3 Å². The third-order valence-electron chi connectivity index (χ3n) is 7.39. The van der Waals surface area contributed by atoms with Crippen LogP contribution in [0.1, 0.15) is 40.7 Å². The first-order chi connectivity index (χ1) is 14.4. The van der Waals surface area contributed by atoms with Crippen molar-refractivity contribution in [2.24, 2.45) is 11.8 Å². The van der Waals surface area contributed by atoms with Gasteiger partial charge in [-0.3, -0.25) is 9.59 Å². The Morgan fingerprint density at radius 2 is 1.47 bits per heavy atom. The van der Waals surface area contributed by atoms with E-state index >= 15 is 0 Å². The van der Waals surface area contributed by atoms with Gasteiger partial charge < -0.3 is 0 Å². The first kappa shape index (κ1) is 18.1. The Labute approximate surface area is 183 Å². The van der Waals surface area contributed by atoms with Crippen LogP contribution in [0.25, 0.3) is 0 Å². The van der Waals surface area contributed by atoms with Gasteiger partial charge in [0, 0.05) is 15.8 Å². The molecule has 2 amide bonds. The van der Waals surface area contributed by atoms with Crippen molar-refractivity contribution < 1.29 is 9.59 Å². The van der Waals surface area contributed by atoms with Crippen LogP contribution in [0.3, 0.4) is 0 Å². The molecule has 1 saturated heterocycles. The molecule has 148 valence electrons. The molecule has 3 aromatic carbocycles. The summed E-state index contributed by atoms with van der Waals surface area (Å²) in [6.45, 7) is 4.15. The maximum absolute atomic E-state index is 13.9. The zero-order valence-corrected chi connectivity index (χ0v) is 18.3. The third-order valence-corrected chi connectivity index (χ3v) is 8.02. The first-order valence-electron chi connectivity index (χ1n) is 10.3. The van der Waals surface area contributed by atoms with Crippen LogP contribution in [0.15, 0.2) is 71.2 Å². The average Bonchev–Trinajstić information content (AvgIpc) is 3.01. The van der Waals surface area contributed by atoms with Crippen molar-refractivity contribution in [2.75, 3.05) is 4.90 Å². The van der Waals surface area contributed by atoms with Crippen molar-refractivity contribution in [3.8, 4) is 0 Å². The molecule has 30 heavy (non-hydrogen) atoms. The number of anilines is 1. The van der Waals surface area contributed by atoms with E-state index in [1.54, 1.807) is 0 Å². The second kappa shape index (κ2) is 5.92. The standard InChI is InChI=1S/C26H20BrNO2/c1-14-11-12-20(19(27)13-14)28-24(29)22-21-15-7-3-5-9-17(15)26(2,23(22)25(28)30)18-10-6-4-8-16(18)21/h3-13,21-23H,1-2H3/t21?,22-,23?,26?/m1/s1. The molecule has 2 bridgehead atoms. The summed E-state index contributed by atoms with van der Waals surface area (Å²) >= 11 is 3.58. The molecular weight excluding hydrogens is 438 g/mol. The minimum absolute atomic E-state index is 0.0881. The fraction of sp³-hybridized carbons (Fsp3) is 0.231. The molecule has 0 radical (unpaired) electrons. The van der Waals surface area contributed by atoms with Crippen LogP contribution in [0.5, 0.6) is 0 Å². The van der Waals surface area contributed by atoms with Gasteiger partial charge in [-0.1, -0.05) is 61.5 Å². The number of carbonyl (C=O) groups excluding carboxylic acids is 2. The largest absolute Gasteiger partial charge is 0.274 e. The summed E-state index contributed by atoms with van der Waals surface area (Å²) in [5.41, 5.74) is 5.93. The number of rotatable bonds is 1. The zero-order chi connectivity index (χ0) is 20.8. The smallest absolute Gasteiger partial charge is 0.238 e. The Balaban J connectivity index is 1.62. The lowest BCUT2D eigenvalue weighted by Gasteiger charge is -2.52. The number of hydrogen-bond acceptors (Lipinski definition) is 2. The number of imide groups is 1. The van der Waals surface area contributed by atoms with Crippen LogP contribution < -0.4 is 4.90 Å². The highest BCUT2D eigenvalue weighted by atomic mass is 79.9. The van der Waals surface area contributed by atoms with Crippen molar-refractivity contribution in [1.29, 1.82) is 0 Å². The van der Waals surface area contributed by atoms with Gasteiger partial charge in [-0.15, -0.1) is 0 Å². The van der Waals surface area contributed by atoms with Gasteiger partial charge in [0.1, 0.15) is 0 Å². The molecule has 3 aromatic rings. The molecule has 4 heteroatoms. The Bertz CT molecular complexity index is 1220. The van der Waals surface area contributed by atoms with Crippen LogP contribution in [-0.2, 0) is 15.0 Å². The lowest BCUT2D eigenvalue weighted by atomic mass is 9.48. The normalized spacial score (nSPS) is 28.4. The highest BCUT2D eigenvalue weighted by molar-refractivity contribution is 9.10. The van der Waals surface area contributed by atoms with E-state index in [-0.39, 0.29) is 23.7 Å². The van der Waals surface area contributed by atoms with E-state index in [9.17, 15) is 9.59 Å². The Morgan fingerprint density at radius 3 is 2.07 bits per heavy atom. The molecule has 1 aliphatic heterocycles. The number of amides is 2. The Kier molecular flexibility index (Phi) is 3.57. The molecule has 0 aromatic heterocycles. The van der Waals surface area contributed by atoms with Crippen molar-refractivity contribution in [2.45, 2.75) is 25.2 Å². The van der Waals surface area contributed by atoms with Gasteiger partial charge in [-0.25, -0.2) is 4.90 Å². The van der Waals surface area contributed by atoms with Gasteiger partial charge in [0.15, 0.2) is 0 Å². The van der Waals surface area contributed by atoms with Crippen LogP contribution in [-0.4, -0.2) is 11.8 Å². The van der Waals surface area contributed by atoms with Gasteiger partial charge in [-0.05, 0) is 62.8 Å². The molecule has 3 nitrogen and oxygen atoms in total. The molecule has 1 unspecified atom stereocenters. The van der Waals surface area contributed by atoms with Gasteiger partial charge in [0.25, 0.3) is 0 Å². The Morgan fingerprint density at radius 1 is 0.867 bits per heavy atom. The predicted octanol–water partition coefficient (Wildman–Crippen LogP) is 5.33. The highest BCUT2D eigenvalue weighted by Gasteiger charge is 2.66. The number of nitrogens with zero attached hydrogens (tertiary/aromatic N) is 1. The Hall–Kier alpha value is -2.72. The van der Waals surface area contributed by atoms with Crippen LogP contribution in [0.4, 0.5) is 5.69 Å². The fourth-order valence-electron chi connectivity index (χ4n) is 6.18. The number of hydrogen-bond donors (Lipinski definition) is 0. The molecule has 1 heterocycles. The van der Waals surface area contributed by atoms with Crippen molar-refractivity contribution in [1.82, 2.24) is 0 Å². The summed E-state index contributed by atoms with van der Waals surface area (Å²) in [5, 5.41) is 0. The first-order valence-corrected chi connectivity index (χ1v) is 11.1. The summed E-state index contributed by atoms with van der Waals surface area (Å²) in [6.07, 6.45) is 0. The summed E-state index contributed by atoms with van der Waals surface area (Å²) < 4.78 is 0.773. The quantitative estimate of drug-likeness (QED) is 0.463. The molecule has 7 rings (SSSR count). The molecular formula is C26H20BrNO2. The summed E-state index contributed by atoms with van der Waals surface area (Å²) in [5.74, 6) is -1.04. The summed E-state index contributed by atoms with van der Waals surface area (Å²) in [6, 6.07) is 22.5. The van der Waals surface area contributed by atoms with Crippen molar-refractivity contribution in [3.05, 3.63) is 99.0 Å². The molecule has 1 fully saturated rings. The van der Waals surface area contributed by atoms with E-state index in [1.165, 1.54) is 27.2 Å². The van der Waals surface area contributed by atoms with E-state index in [2.05, 4.69) is 47.1 Å².